The molecule has 4 rings (SSSR count). The Bertz CT molecular complexity index is 653. The molecule has 1 aliphatic heterocycles. The van der Waals surface area contributed by atoms with E-state index in [9.17, 15) is 9.90 Å². The molecule has 5 atom stereocenters. The monoisotopic (exact) mass is 329 g/mol. The first-order valence-electron chi connectivity index (χ1n) is 9.02. The maximum atomic E-state index is 11.9. The molecule has 0 radical (unpaired) electrons. The van der Waals surface area contributed by atoms with Crippen molar-refractivity contribution in [3.63, 3.8) is 0 Å². The van der Waals surface area contributed by atoms with Gasteiger partial charge >= 0.3 is 0 Å². The van der Waals surface area contributed by atoms with Gasteiger partial charge in [-0.3, -0.25) is 4.79 Å². The first kappa shape index (κ1) is 15.9. The molecule has 2 bridgehead atoms. The maximum Gasteiger partial charge on any atom is 0.217 e. The van der Waals surface area contributed by atoms with Crippen molar-refractivity contribution in [1.82, 2.24) is 5.32 Å². The smallest absolute Gasteiger partial charge is 0.217 e. The molecule has 1 heterocycles. The Morgan fingerprint density at radius 1 is 1.29 bits per heavy atom. The third kappa shape index (κ3) is 2.12. The molecule has 2 N–H and O–H groups in total. The highest BCUT2D eigenvalue weighted by Gasteiger charge is 2.68. The normalized spacial score (nSPS) is 39.5. The van der Waals surface area contributed by atoms with Crippen molar-refractivity contribution in [3.8, 4) is 5.75 Å². The van der Waals surface area contributed by atoms with Gasteiger partial charge in [-0.25, -0.2) is 0 Å². The largest absolute Gasteiger partial charge is 0.508 e. The van der Waals surface area contributed by atoms with Gasteiger partial charge < -0.3 is 15.2 Å². The number of amides is 1. The summed E-state index contributed by atoms with van der Waals surface area (Å²) in [6.07, 6.45) is 3.44. The summed E-state index contributed by atoms with van der Waals surface area (Å²) in [6, 6.07) is 7.65. The summed E-state index contributed by atoms with van der Waals surface area (Å²) in [7, 11) is 0. The molecule has 4 nitrogen and oxygen atoms in total. The average molecular weight is 329 g/mol. The van der Waals surface area contributed by atoms with E-state index >= 15 is 0 Å². The van der Waals surface area contributed by atoms with E-state index in [0.717, 1.165) is 25.0 Å². The fraction of sp³-hybridized carbons (Fsp3) is 0.650. The quantitative estimate of drug-likeness (QED) is 0.874. The highest BCUT2D eigenvalue weighted by molar-refractivity contribution is 5.73. The lowest BCUT2D eigenvalue weighted by molar-refractivity contribution is -0.136. The molecule has 1 spiro atoms. The number of fused-ring (bicyclic) bond motifs is 1. The summed E-state index contributed by atoms with van der Waals surface area (Å²) in [5.74, 6) is 1.42. The van der Waals surface area contributed by atoms with E-state index in [-0.39, 0.29) is 34.6 Å². The summed E-state index contributed by atoms with van der Waals surface area (Å²) in [5.41, 5.74) is 1.42. The van der Waals surface area contributed by atoms with Crippen molar-refractivity contribution < 1.29 is 14.6 Å². The van der Waals surface area contributed by atoms with E-state index in [1.165, 1.54) is 6.42 Å². The van der Waals surface area contributed by atoms with Gasteiger partial charge in [0.15, 0.2) is 0 Å². The zero-order valence-corrected chi connectivity index (χ0v) is 14.7. The fourth-order valence-electron chi connectivity index (χ4n) is 5.98. The highest BCUT2D eigenvalue weighted by atomic mass is 16.5. The Labute approximate surface area is 143 Å². The number of carbonyl (C=O) groups is 1. The van der Waals surface area contributed by atoms with Crippen molar-refractivity contribution in [2.75, 3.05) is 6.61 Å². The number of nitrogens with one attached hydrogen (secondary N) is 1. The van der Waals surface area contributed by atoms with Crippen LogP contribution >= 0.6 is 0 Å². The van der Waals surface area contributed by atoms with Crippen LogP contribution in [0.2, 0.25) is 0 Å². The molecule has 1 aromatic carbocycles. The SMILES string of the molecule is CC(=O)N[C@H]1C(C)(C)[C@@H]2C[C@@H]3[C@@H](c4ccc(O)cc4)OCC[C@@]31C2. The lowest BCUT2D eigenvalue weighted by atomic mass is 9.59. The van der Waals surface area contributed by atoms with Gasteiger partial charge in [0.1, 0.15) is 5.75 Å². The minimum Gasteiger partial charge on any atom is -0.508 e. The molecule has 2 aliphatic carbocycles. The standard InChI is InChI=1S/C20H27NO3/c1-12(22)21-18-19(2,3)14-10-16-17(13-4-6-15(23)7-5-13)24-9-8-20(16,18)11-14/h4-7,14,16-18,23H,8-11H2,1-3H3,(H,21,22)/t14-,16-,17-,18+,20-/m1/s1. The summed E-state index contributed by atoms with van der Waals surface area (Å²) in [5, 5.41) is 12.9. The average Bonchev–Trinajstić information content (AvgIpc) is 3.01. The van der Waals surface area contributed by atoms with E-state index in [1.54, 1.807) is 19.1 Å². The first-order chi connectivity index (χ1) is 11.3. The summed E-state index contributed by atoms with van der Waals surface area (Å²) in [6.45, 7) is 6.99. The second kappa shape index (κ2) is 5.22. The molecule has 1 aromatic rings. The van der Waals surface area contributed by atoms with E-state index in [4.69, 9.17) is 4.74 Å². The number of hydrogen-bond donors (Lipinski definition) is 2. The predicted octanol–water partition coefficient (Wildman–Crippen LogP) is 3.41. The molecule has 3 aliphatic rings. The van der Waals surface area contributed by atoms with Crippen LogP contribution in [0.3, 0.4) is 0 Å². The van der Waals surface area contributed by atoms with Crippen molar-refractivity contribution in [2.45, 2.75) is 52.2 Å². The Morgan fingerprint density at radius 2 is 2.00 bits per heavy atom. The number of rotatable bonds is 2. The second-order valence-corrected chi connectivity index (χ2v) is 8.56. The Hall–Kier alpha value is -1.55. The van der Waals surface area contributed by atoms with E-state index in [0.29, 0.717) is 11.8 Å². The fourth-order valence-corrected chi connectivity index (χ4v) is 5.98. The molecule has 24 heavy (non-hydrogen) atoms. The number of ether oxygens (including phenoxy) is 1. The van der Waals surface area contributed by atoms with Gasteiger partial charge in [-0.15, -0.1) is 0 Å². The summed E-state index contributed by atoms with van der Waals surface area (Å²) < 4.78 is 6.19. The molecular formula is C20H27NO3. The van der Waals surface area contributed by atoms with Crippen LogP contribution < -0.4 is 5.32 Å². The molecule has 0 unspecified atom stereocenters. The Kier molecular flexibility index (Phi) is 3.47. The van der Waals surface area contributed by atoms with E-state index in [2.05, 4.69) is 19.2 Å². The number of aromatic hydroxyl groups is 1. The van der Waals surface area contributed by atoms with Gasteiger partial charge in [0, 0.05) is 19.6 Å². The number of carbonyl (C=O) groups excluding carboxylic acids is 1. The van der Waals surface area contributed by atoms with Crippen LogP contribution in [0.5, 0.6) is 5.75 Å². The van der Waals surface area contributed by atoms with Crippen LogP contribution in [0.15, 0.2) is 24.3 Å². The van der Waals surface area contributed by atoms with Crippen molar-refractivity contribution >= 4 is 5.91 Å². The zero-order valence-electron chi connectivity index (χ0n) is 14.7. The Balaban J connectivity index is 1.71. The van der Waals surface area contributed by atoms with Crippen LogP contribution in [0, 0.1) is 22.7 Å². The minimum absolute atomic E-state index is 0.0664. The van der Waals surface area contributed by atoms with Crippen LogP contribution in [0.1, 0.15) is 51.7 Å². The first-order valence-corrected chi connectivity index (χ1v) is 9.02. The number of benzene rings is 1. The van der Waals surface area contributed by atoms with Gasteiger partial charge in [0.2, 0.25) is 5.91 Å². The number of phenolic OH excluding ortho intramolecular Hbond substituents is 1. The molecule has 1 saturated heterocycles. The summed E-state index contributed by atoms with van der Waals surface area (Å²) in [4.78, 5) is 11.9. The van der Waals surface area contributed by atoms with Crippen molar-refractivity contribution in [2.24, 2.45) is 22.7 Å². The maximum absolute atomic E-state index is 11.9. The molecule has 2 saturated carbocycles. The molecule has 1 amide bonds. The topological polar surface area (TPSA) is 58.6 Å². The zero-order chi connectivity index (χ0) is 17.1. The molecule has 4 heteroatoms. The highest BCUT2D eigenvalue weighted by Crippen LogP contribution is 2.70. The molecule has 3 fully saturated rings. The number of phenols is 1. The van der Waals surface area contributed by atoms with Crippen LogP contribution in [0.25, 0.3) is 0 Å². The van der Waals surface area contributed by atoms with Crippen molar-refractivity contribution in [3.05, 3.63) is 29.8 Å². The van der Waals surface area contributed by atoms with Gasteiger partial charge in [0.05, 0.1) is 6.10 Å². The summed E-state index contributed by atoms with van der Waals surface area (Å²) >= 11 is 0. The van der Waals surface area contributed by atoms with Crippen LogP contribution in [0.4, 0.5) is 0 Å². The molecule has 130 valence electrons. The minimum atomic E-state index is 0.0664. The number of hydrogen-bond acceptors (Lipinski definition) is 3. The van der Waals surface area contributed by atoms with E-state index in [1.807, 2.05) is 12.1 Å². The lowest BCUT2D eigenvalue weighted by Crippen LogP contribution is -2.58. The van der Waals surface area contributed by atoms with Gasteiger partial charge in [-0.1, -0.05) is 26.0 Å². The van der Waals surface area contributed by atoms with Gasteiger partial charge in [-0.05, 0) is 59.6 Å². The van der Waals surface area contributed by atoms with Gasteiger partial charge in [-0.2, -0.15) is 0 Å². The van der Waals surface area contributed by atoms with Crippen molar-refractivity contribution in [1.29, 1.82) is 0 Å². The van der Waals surface area contributed by atoms with Crippen LogP contribution in [-0.2, 0) is 9.53 Å². The van der Waals surface area contributed by atoms with Gasteiger partial charge in [0.25, 0.3) is 0 Å². The second-order valence-electron chi connectivity index (χ2n) is 8.56. The third-order valence-corrected chi connectivity index (χ3v) is 7.07. The third-order valence-electron chi connectivity index (χ3n) is 7.07. The van der Waals surface area contributed by atoms with Crippen LogP contribution in [-0.4, -0.2) is 23.7 Å². The molecule has 0 aromatic heterocycles. The van der Waals surface area contributed by atoms with E-state index < -0.39 is 0 Å². The Morgan fingerprint density at radius 3 is 2.67 bits per heavy atom. The lowest BCUT2D eigenvalue weighted by Gasteiger charge is -2.53. The predicted molar refractivity (Wildman–Crippen MR) is 91.4 cm³/mol. The molecular weight excluding hydrogens is 302 g/mol.